The number of nitrogens with one attached hydrogen (secondary N) is 2. The molecule has 1 aliphatic rings. The molecule has 1 aliphatic heterocycles. The molecule has 4 heteroatoms. The molecule has 2 N–H and O–H groups in total. The van der Waals surface area contributed by atoms with Gasteiger partial charge in [-0.1, -0.05) is 42.5 Å². The van der Waals surface area contributed by atoms with Crippen LogP contribution in [0.25, 0.3) is 6.08 Å². The van der Waals surface area contributed by atoms with E-state index in [1.54, 1.807) is 6.20 Å². The van der Waals surface area contributed by atoms with Crippen LogP contribution in [-0.2, 0) is 0 Å². The molecule has 16 heavy (non-hydrogen) atoms. The average molecular weight is 234 g/mol. The molecule has 0 spiro atoms. The summed E-state index contributed by atoms with van der Waals surface area (Å²) >= 11 is 0. The van der Waals surface area contributed by atoms with Crippen molar-refractivity contribution in [3.8, 4) is 0 Å². The van der Waals surface area contributed by atoms with Crippen LogP contribution in [0.5, 0.6) is 0 Å². The summed E-state index contributed by atoms with van der Waals surface area (Å²) in [5.74, 6) is 0. The number of allylic oxidation sites excluding steroid dienone is 1. The van der Waals surface area contributed by atoms with Gasteiger partial charge in [0, 0.05) is 6.20 Å². The fourth-order valence-electron chi connectivity index (χ4n) is 1.50. The summed E-state index contributed by atoms with van der Waals surface area (Å²) in [6.07, 6.45) is 8.22. The first kappa shape index (κ1) is 11.3. The lowest BCUT2D eigenvalue weighted by Crippen LogP contribution is -2.32. The second kappa shape index (κ2) is 5.26. The third-order valence-electron chi connectivity index (χ3n) is 2.34. The topological polar surface area (TPSA) is 47.1 Å². The molecular formula is C12H15N2OP. The lowest BCUT2D eigenvalue weighted by atomic mass is 10.2. The summed E-state index contributed by atoms with van der Waals surface area (Å²) in [5, 5.41) is 5.89. The van der Waals surface area contributed by atoms with Crippen molar-refractivity contribution in [1.82, 2.24) is 10.2 Å². The first-order chi connectivity index (χ1) is 7.79. The van der Waals surface area contributed by atoms with Crippen LogP contribution in [0.4, 0.5) is 0 Å². The number of benzene rings is 1. The maximum absolute atomic E-state index is 11.9. The van der Waals surface area contributed by atoms with Crippen molar-refractivity contribution in [2.45, 2.75) is 0 Å². The van der Waals surface area contributed by atoms with Gasteiger partial charge in [-0.2, -0.15) is 5.09 Å². The van der Waals surface area contributed by atoms with Crippen LogP contribution < -0.4 is 15.1 Å². The molecule has 0 bridgehead atoms. The third-order valence-corrected chi connectivity index (χ3v) is 4.32. The molecule has 0 aromatic heterocycles. The lowest BCUT2D eigenvalue weighted by Gasteiger charge is -2.25. The molecule has 0 saturated heterocycles. The molecule has 1 unspecified atom stereocenters. The molecule has 0 radical (unpaired) electrons. The van der Waals surface area contributed by atoms with Gasteiger partial charge in [0.1, 0.15) is 14.0 Å². The van der Waals surface area contributed by atoms with Crippen molar-refractivity contribution in [3.63, 3.8) is 0 Å². The first-order valence-corrected chi connectivity index (χ1v) is 7.16. The second-order valence-electron chi connectivity index (χ2n) is 3.63. The van der Waals surface area contributed by atoms with Crippen LogP contribution in [0.2, 0.25) is 0 Å². The van der Waals surface area contributed by atoms with Crippen molar-refractivity contribution in [1.29, 1.82) is 0 Å². The second-order valence-corrected chi connectivity index (χ2v) is 6.05. The highest BCUT2D eigenvalue weighted by Crippen LogP contribution is 2.42. The molecule has 84 valence electrons. The Hall–Kier alpha value is -1.15. The number of hydrogen-bond donors (Lipinski definition) is 2. The highest BCUT2D eigenvalue weighted by atomic mass is 31.2. The smallest absolute Gasteiger partial charge is 0.127 e. The molecule has 1 heterocycles. The summed E-state index contributed by atoms with van der Waals surface area (Å²) in [4.78, 5) is 11.9. The highest BCUT2D eigenvalue weighted by Gasteiger charge is 2.25. The van der Waals surface area contributed by atoms with Crippen molar-refractivity contribution >= 4 is 13.9 Å². The molecule has 1 atom stereocenters. The van der Waals surface area contributed by atoms with Crippen molar-refractivity contribution in [3.05, 3.63) is 54.2 Å². The summed E-state index contributed by atoms with van der Waals surface area (Å²) in [6.45, 7) is 0.612. The zero-order valence-electron chi connectivity index (χ0n) is 8.97. The molecule has 0 fully saturated rings. The average Bonchev–Trinajstić information content (AvgIpc) is 2.74. The quantitative estimate of drug-likeness (QED) is 0.777. The van der Waals surface area contributed by atoms with Gasteiger partial charge in [0.2, 0.25) is 0 Å². The minimum absolute atomic E-state index is 0.589. The van der Waals surface area contributed by atoms with E-state index in [0.717, 1.165) is 5.56 Å². The Morgan fingerprint density at radius 1 is 1.38 bits per heavy atom. The van der Waals surface area contributed by atoms with Crippen molar-refractivity contribution in [2.75, 3.05) is 12.7 Å². The van der Waals surface area contributed by atoms with E-state index in [1.807, 2.05) is 48.6 Å². The van der Waals surface area contributed by atoms with Gasteiger partial charge in [0.25, 0.3) is 0 Å². The maximum Gasteiger partial charge on any atom is 0.127 e. The number of rotatable bonds is 4. The minimum Gasteiger partial charge on any atom is -0.647 e. The van der Waals surface area contributed by atoms with Gasteiger partial charge < -0.3 is 4.89 Å². The highest BCUT2D eigenvalue weighted by molar-refractivity contribution is 7.65. The molecule has 0 saturated carbocycles. The Morgan fingerprint density at radius 2 is 2.19 bits per heavy atom. The lowest BCUT2D eigenvalue weighted by molar-refractivity contribution is -0.174. The monoisotopic (exact) mass is 234 g/mol. The van der Waals surface area contributed by atoms with Crippen LogP contribution >= 0.6 is 7.79 Å². The van der Waals surface area contributed by atoms with Crippen LogP contribution in [0.1, 0.15) is 5.56 Å². The Bertz CT molecular complexity index is 381. The van der Waals surface area contributed by atoms with Crippen LogP contribution in [0.3, 0.4) is 0 Å². The first-order valence-electron chi connectivity index (χ1n) is 5.27. The van der Waals surface area contributed by atoms with Gasteiger partial charge in [-0.05, 0) is 11.6 Å². The van der Waals surface area contributed by atoms with E-state index in [9.17, 15) is 4.89 Å². The van der Waals surface area contributed by atoms with E-state index in [-0.39, 0.29) is 0 Å². The van der Waals surface area contributed by atoms with Gasteiger partial charge in [0.15, 0.2) is 0 Å². The summed E-state index contributed by atoms with van der Waals surface area (Å²) in [7, 11) is -2.35. The van der Waals surface area contributed by atoms with E-state index in [2.05, 4.69) is 10.2 Å². The molecule has 2 rings (SSSR count). The summed E-state index contributed by atoms with van der Waals surface area (Å²) < 4.78 is 0. The SMILES string of the molecule is [O-][P+]1(NC/C=C/c2ccccc2)CC=CN1. The van der Waals surface area contributed by atoms with Crippen molar-refractivity contribution < 1.29 is 4.89 Å². The van der Waals surface area contributed by atoms with Gasteiger partial charge in [-0.15, -0.1) is 0 Å². The van der Waals surface area contributed by atoms with E-state index in [1.165, 1.54) is 0 Å². The molecule has 3 nitrogen and oxygen atoms in total. The van der Waals surface area contributed by atoms with Gasteiger partial charge in [-0.25, -0.2) is 0 Å². The van der Waals surface area contributed by atoms with Gasteiger partial charge in [-0.3, -0.25) is 5.09 Å². The Kier molecular flexibility index (Phi) is 3.73. The fraction of sp³-hybridized carbons (Fsp3) is 0.167. The van der Waals surface area contributed by atoms with Gasteiger partial charge in [0.05, 0.1) is 6.54 Å². The maximum atomic E-state index is 11.9. The van der Waals surface area contributed by atoms with E-state index >= 15 is 0 Å². The predicted octanol–water partition coefficient (Wildman–Crippen LogP) is 1.53. The summed E-state index contributed by atoms with van der Waals surface area (Å²) in [6, 6.07) is 10.1. The zero-order chi connectivity index (χ0) is 11.3. The standard InChI is InChI=1S/C12H15N2OP/c15-16(11-5-10-14-16)13-9-4-8-12-6-2-1-3-7-12/h1-8,10H,9,11H2,(H2,13,14,15)/b8-4+. The normalized spacial score (nSPS) is 23.8. The molecule has 1 aromatic rings. The summed E-state index contributed by atoms with van der Waals surface area (Å²) in [5.41, 5.74) is 1.15. The number of hydrogen-bond acceptors (Lipinski definition) is 3. The Balaban J connectivity index is 1.78. The minimum atomic E-state index is -2.35. The fourth-order valence-corrected chi connectivity index (χ4v) is 2.97. The Labute approximate surface area is 96.4 Å². The molecular weight excluding hydrogens is 219 g/mol. The molecule has 0 aliphatic carbocycles. The van der Waals surface area contributed by atoms with Crippen LogP contribution in [0, 0.1) is 0 Å². The molecule has 1 aromatic carbocycles. The molecule has 0 amide bonds. The van der Waals surface area contributed by atoms with Crippen molar-refractivity contribution in [2.24, 2.45) is 0 Å². The largest absolute Gasteiger partial charge is 0.647 e. The predicted molar refractivity (Wildman–Crippen MR) is 67.5 cm³/mol. The van der Waals surface area contributed by atoms with E-state index < -0.39 is 7.79 Å². The van der Waals surface area contributed by atoms with Crippen LogP contribution in [0.15, 0.2) is 48.7 Å². The zero-order valence-corrected chi connectivity index (χ0v) is 9.86. The third kappa shape index (κ3) is 3.17. The van der Waals surface area contributed by atoms with Gasteiger partial charge >= 0.3 is 0 Å². The van der Waals surface area contributed by atoms with E-state index in [4.69, 9.17) is 0 Å². The van der Waals surface area contributed by atoms with Crippen LogP contribution in [-0.4, -0.2) is 12.7 Å². The Morgan fingerprint density at radius 3 is 2.88 bits per heavy atom. The van der Waals surface area contributed by atoms with E-state index in [0.29, 0.717) is 12.7 Å².